The van der Waals surface area contributed by atoms with E-state index < -0.39 is 0 Å². The zero-order chi connectivity index (χ0) is 13.2. The smallest absolute Gasteiger partial charge is 0.277 e. The van der Waals surface area contributed by atoms with E-state index in [2.05, 4.69) is 15.6 Å². The van der Waals surface area contributed by atoms with E-state index in [4.69, 9.17) is 0 Å². The van der Waals surface area contributed by atoms with E-state index in [1.807, 2.05) is 42.5 Å². The van der Waals surface area contributed by atoms with Gasteiger partial charge in [-0.15, -0.1) is 5.10 Å². The molecular formula is C14H12N4O. The number of benzene rings is 2. The third-order valence-electron chi connectivity index (χ3n) is 2.87. The van der Waals surface area contributed by atoms with Crippen molar-refractivity contribution in [3.8, 4) is 0 Å². The second-order valence-electron chi connectivity index (χ2n) is 4.26. The summed E-state index contributed by atoms with van der Waals surface area (Å²) in [6.45, 7) is 0. The van der Waals surface area contributed by atoms with Crippen LogP contribution in [-0.4, -0.2) is 20.9 Å². The maximum atomic E-state index is 12.0. The molecule has 1 N–H and O–H groups in total. The maximum absolute atomic E-state index is 12.0. The molecule has 0 saturated carbocycles. The van der Waals surface area contributed by atoms with Gasteiger partial charge in [-0.2, -0.15) is 0 Å². The van der Waals surface area contributed by atoms with Crippen LogP contribution in [0.15, 0.2) is 48.7 Å². The number of fused-ring (bicyclic) bond motifs is 1. The molecule has 0 atom stereocenters. The quantitative estimate of drug-likeness (QED) is 0.760. The van der Waals surface area contributed by atoms with Crippen molar-refractivity contribution in [3.05, 3.63) is 54.4 Å². The first-order chi connectivity index (χ1) is 9.24. The SMILES string of the molecule is Cn1cc(C(=O)Nc2cccc3ccccc23)nn1. The third kappa shape index (κ3) is 2.18. The van der Waals surface area contributed by atoms with Gasteiger partial charge in [0.1, 0.15) is 0 Å². The van der Waals surface area contributed by atoms with E-state index in [1.54, 1.807) is 13.2 Å². The van der Waals surface area contributed by atoms with Crippen LogP contribution in [0.1, 0.15) is 10.5 Å². The van der Waals surface area contributed by atoms with Crippen molar-refractivity contribution in [2.24, 2.45) is 7.05 Å². The van der Waals surface area contributed by atoms with Crippen LogP contribution >= 0.6 is 0 Å². The number of rotatable bonds is 2. The molecule has 19 heavy (non-hydrogen) atoms. The molecule has 0 aliphatic rings. The van der Waals surface area contributed by atoms with Crippen LogP contribution in [-0.2, 0) is 7.05 Å². The molecule has 5 nitrogen and oxygen atoms in total. The Morgan fingerprint density at radius 2 is 1.95 bits per heavy atom. The van der Waals surface area contributed by atoms with Gasteiger partial charge in [0.2, 0.25) is 0 Å². The molecule has 94 valence electrons. The Balaban J connectivity index is 1.95. The molecule has 1 amide bonds. The van der Waals surface area contributed by atoms with E-state index in [0.29, 0.717) is 5.69 Å². The Morgan fingerprint density at radius 3 is 2.74 bits per heavy atom. The van der Waals surface area contributed by atoms with E-state index in [1.165, 1.54) is 4.68 Å². The lowest BCUT2D eigenvalue weighted by molar-refractivity contribution is 0.102. The van der Waals surface area contributed by atoms with Crippen LogP contribution in [0.2, 0.25) is 0 Å². The van der Waals surface area contributed by atoms with E-state index in [0.717, 1.165) is 16.5 Å². The number of aryl methyl sites for hydroxylation is 1. The van der Waals surface area contributed by atoms with Crippen LogP contribution in [0, 0.1) is 0 Å². The van der Waals surface area contributed by atoms with Crippen LogP contribution in [0.25, 0.3) is 10.8 Å². The van der Waals surface area contributed by atoms with Crippen molar-refractivity contribution in [2.75, 3.05) is 5.32 Å². The lowest BCUT2D eigenvalue weighted by Crippen LogP contribution is -2.12. The van der Waals surface area contributed by atoms with Gasteiger partial charge in [0.25, 0.3) is 5.91 Å². The van der Waals surface area contributed by atoms with Gasteiger partial charge in [0, 0.05) is 18.1 Å². The van der Waals surface area contributed by atoms with Crippen molar-refractivity contribution in [3.63, 3.8) is 0 Å². The summed E-state index contributed by atoms with van der Waals surface area (Å²) in [6, 6.07) is 13.7. The average molecular weight is 252 g/mol. The monoisotopic (exact) mass is 252 g/mol. The van der Waals surface area contributed by atoms with Gasteiger partial charge < -0.3 is 5.32 Å². The zero-order valence-electron chi connectivity index (χ0n) is 10.4. The molecule has 0 aliphatic carbocycles. The first kappa shape index (κ1) is 11.4. The summed E-state index contributed by atoms with van der Waals surface area (Å²) < 4.78 is 1.50. The number of anilines is 1. The molecule has 3 aromatic rings. The average Bonchev–Trinajstić information content (AvgIpc) is 2.86. The van der Waals surface area contributed by atoms with Gasteiger partial charge in [0.15, 0.2) is 5.69 Å². The number of amides is 1. The minimum Gasteiger partial charge on any atom is -0.320 e. The van der Waals surface area contributed by atoms with Crippen LogP contribution in [0.4, 0.5) is 5.69 Å². The molecule has 1 heterocycles. The molecule has 0 aliphatic heterocycles. The van der Waals surface area contributed by atoms with E-state index >= 15 is 0 Å². The Kier molecular flexibility index (Phi) is 2.72. The van der Waals surface area contributed by atoms with Crippen LogP contribution in [0.5, 0.6) is 0 Å². The van der Waals surface area contributed by atoms with Crippen molar-refractivity contribution in [1.82, 2.24) is 15.0 Å². The molecule has 5 heteroatoms. The van der Waals surface area contributed by atoms with Crippen LogP contribution < -0.4 is 5.32 Å². The fourth-order valence-electron chi connectivity index (χ4n) is 1.97. The van der Waals surface area contributed by atoms with Crippen molar-refractivity contribution in [1.29, 1.82) is 0 Å². The molecule has 0 saturated heterocycles. The topological polar surface area (TPSA) is 59.8 Å². The summed E-state index contributed by atoms with van der Waals surface area (Å²) in [5.74, 6) is -0.260. The van der Waals surface area contributed by atoms with Gasteiger partial charge in [-0.1, -0.05) is 41.6 Å². The van der Waals surface area contributed by atoms with Crippen molar-refractivity contribution in [2.45, 2.75) is 0 Å². The highest BCUT2D eigenvalue weighted by Crippen LogP contribution is 2.23. The van der Waals surface area contributed by atoms with Crippen molar-refractivity contribution < 1.29 is 4.79 Å². The molecule has 0 fully saturated rings. The maximum Gasteiger partial charge on any atom is 0.277 e. The van der Waals surface area contributed by atoms with Gasteiger partial charge in [-0.3, -0.25) is 9.48 Å². The molecule has 0 bridgehead atoms. The highest BCUT2D eigenvalue weighted by Gasteiger charge is 2.11. The first-order valence-corrected chi connectivity index (χ1v) is 5.89. The zero-order valence-corrected chi connectivity index (χ0v) is 10.4. The summed E-state index contributed by atoms with van der Waals surface area (Å²) in [7, 11) is 1.72. The fourth-order valence-corrected chi connectivity index (χ4v) is 1.97. The molecule has 0 unspecified atom stereocenters. The third-order valence-corrected chi connectivity index (χ3v) is 2.87. The van der Waals surface area contributed by atoms with Gasteiger partial charge in [-0.25, -0.2) is 0 Å². The summed E-state index contributed by atoms with van der Waals surface area (Å²) in [6.07, 6.45) is 1.58. The number of nitrogens with one attached hydrogen (secondary N) is 1. The highest BCUT2D eigenvalue weighted by atomic mass is 16.2. The number of carbonyl (C=O) groups is 1. The highest BCUT2D eigenvalue weighted by molar-refractivity contribution is 6.08. The lowest BCUT2D eigenvalue weighted by atomic mass is 10.1. The normalized spacial score (nSPS) is 10.6. The summed E-state index contributed by atoms with van der Waals surface area (Å²) in [5.41, 5.74) is 1.07. The second kappa shape index (κ2) is 4.53. The molecule has 3 rings (SSSR count). The molecule has 2 aromatic carbocycles. The Morgan fingerprint density at radius 1 is 1.16 bits per heavy atom. The Hall–Kier alpha value is -2.69. The van der Waals surface area contributed by atoms with Gasteiger partial charge in [-0.05, 0) is 11.5 Å². The molecular weight excluding hydrogens is 240 g/mol. The van der Waals surface area contributed by atoms with Gasteiger partial charge in [0.05, 0.1) is 6.20 Å². The number of hydrogen-bond donors (Lipinski definition) is 1. The van der Waals surface area contributed by atoms with Gasteiger partial charge >= 0.3 is 0 Å². The van der Waals surface area contributed by atoms with Crippen LogP contribution in [0.3, 0.4) is 0 Å². The van der Waals surface area contributed by atoms with E-state index in [9.17, 15) is 4.79 Å². The van der Waals surface area contributed by atoms with Crippen molar-refractivity contribution >= 4 is 22.4 Å². The first-order valence-electron chi connectivity index (χ1n) is 5.89. The number of carbonyl (C=O) groups excluding carboxylic acids is 1. The predicted octanol–water partition coefficient (Wildman–Crippen LogP) is 2.22. The minimum absolute atomic E-state index is 0.260. The molecule has 1 aromatic heterocycles. The Bertz CT molecular complexity index is 743. The fraction of sp³-hybridized carbons (Fsp3) is 0.0714. The Labute approximate surface area is 109 Å². The minimum atomic E-state index is -0.260. The molecule has 0 radical (unpaired) electrons. The number of aromatic nitrogens is 3. The number of hydrogen-bond acceptors (Lipinski definition) is 3. The summed E-state index contributed by atoms with van der Waals surface area (Å²) >= 11 is 0. The summed E-state index contributed by atoms with van der Waals surface area (Å²) in [4.78, 5) is 12.0. The molecule has 0 spiro atoms. The predicted molar refractivity (Wildman–Crippen MR) is 72.9 cm³/mol. The lowest BCUT2D eigenvalue weighted by Gasteiger charge is -2.06. The summed E-state index contributed by atoms with van der Waals surface area (Å²) in [5, 5.41) is 12.5. The standard InChI is InChI=1S/C14H12N4O/c1-18-9-13(16-17-18)14(19)15-12-8-4-6-10-5-2-3-7-11(10)12/h2-9H,1H3,(H,15,19). The number of nitrogens with zero attached hydrogens (tertiary/aromatic N) is 3. The second-order valence-corrected chi connectivity index (χ2v) is 4.26. The largest absolute Gasteiger partial charge is 0.320 e. The van der Waals surface area contributed by atoms with E-state index in [-0.39, 0.29) is 5.91 Å².